The van der Waals surface area contributed by atoms with Gasteiger partial charge in [0.1, 0.15) is 5.69 Å². The zero-order valence-corrected chi connectivity index (χ0v) is 13.8. The first-order valence-corrected chi connectivity index (χ1v) is 7.24. The number of rotatable bonds is 3. The largest absolute Gasteiger partial charge is 0.288 e. The molecule has 2 aromatic rings. The molecule has 1 aromatic carbocycles. The Morgan fingerprint density at radius 1 is 1.23 bits per heavy atom. The lowest BCUT2D eigenvalue weighted by atomic mass is 9.93. The van der Waals surface area contributed by atoms with Gasteiger partial charge in [0, 0.05) is 5.41 Å². The van der Waals surface area contributed by atoms with Gasteiger partial charge in [-0.2, -0.15) is 5.10 Å². The van der Waals surface area contributed by atoms with E-state index < -0.39 is 0 Å². The summed E-state index contributed by atoms with van der Waals surface area (Å²) >= 11 is 11.7. The predicted molar refractivity (Wildman–Crippen MR) is 89.0 cm³/mol. The number of H-pyrrole nitrogens is 1. The number of anilines is 1. The van der Waals surface area contributed by atoms with Crippen molar-refractivity contribution in [2.24, 2.45) is 5.10 Å². The second kappa shape index (κ2) is 6.46. The summed E-state index contributed by atoms with van der Waals surface area (Å²) in [6.07, 6.45) is 1.53. The molecule has 8 heteroatoms. The first-order valence-electron chi connectivity index (χ1n) is 6.49. The van der Waals surface area contributed by atoms with Crippen LogP contribution in [0.4, 0.5) is 5.95 Å². The van der Waals surface area contributed by atoms with E-state index in [9.17, 15) is 4.79 Å². The summed E-state index contributed by atoms with van der Waals surface area (Å²) in [5.74, 6) is 0.161. The van der Waals surface area contributed by atoms with E-state index in [1.54, 1.807) is 18.2 Å². The second-order valence-electron chi connectivity index (χ2n) is 5.64. The average Bonchev–Trinajstić information content (AvgIpc) is 2.41. The lowest BCUT2D eigenvalue weighted by Crippen LogP contribution is -2.28. The fourth-order valence-corrected chi connectivity index (χ4v) is 1.95. The smallest absolute Gasteiger partial charge is 0.274 e. The molecule has 0 aliphatic carbocycles. The van der Waals surface area contributed by atoms with Gasteiger partial charge in [-0.05, 0) is 17.7 Å². The SMILES string of the molecule is CC(C)(C)c1nnc(N/N=C/c2ccc(Cl)c(Cl)c2)[nH]c1=O. The van der Waals surface area contributed by atoms with Crippen molar-refractivity contribution < 1.29 is 0 Å². The highest BCUT2D eigenvalue weighted by Gasteiger charge is 2.20. The molecule has 0 amide bonds. The summed E-state index contributed by atoms with van der Waals surface area (Å²) in [4.78, 5) is 14.5. The third-order valence-electron chi connectivity index (χ3n) is 2.74. The standard InChI is InChI=1S/C14H15Cl2N5O/c1-14(2,3)11-12(22)18-13(21-19-11)20-17-7-8-4-5-9(15)10(16)6-8/h4-7H,1-3H3,(H2,18,20,21,22)/b17-7+. The molecule has 0 aliphatic rings. The summed E-state index contributed by atoms with van der Waals surface area (Å²) in [5.41, 5.74) is 3.06. The van der Waals surface area contributed by atoms with Gasteiger partial charge < -0.3 is 0 Å². The Morgan fingerprint density at radius 3 is 2.55 bits per heavy atom. The Bertz CT molecular complexity index is 765. The van der Waals surface area contributed by atoms with Crippen molar-refractivity contribution in [1.29, 1.82) is 0 Å². The molecule has 22 heavy (non-hydrogen) atoms. The van der Waals surface area contributed by atoms with E-state index in [-0.39, 0.29) is 16.9 Å². The van der Waals surface area contributed by atoms with Crippen LogP contribution in [-0.2, 0) is 5.41 Å². The third kappa shape index (κ3) is 4.05. The van der Waals surface area contributed by atoms with Crippen LogP contribution in [0, 0.1) is 0 Å². The highest BCUT2D eigenvalue weighted by atomic mass is 35.5. The molecule has 2 rings (SSSR count). The van der Waals surface area contributed by atoms with Gasteiger partial charge in [-0.15, -0.1) is 10.2 Å². The van der Waals surface area contributed by atoms with Crippen molar-refractivity contribution in [2.75, 3.05) is 5.43 Å². The molecule has 6 nitrogen and oxygen atoms in total. The van der Waals surface area contributed by atoms with Crippen molar-refractivity contribution in [1.82, 2.24) is 15.2 Å². The van der Waals surface area contributed by atoms with E-state index in [1.807, 2.05) is 20.8 Å². The summed E-state index contributed by atoms with van der Waals surface area (Å²) < 4.78 is 0. The summed E-state index contributed by atoms with van der Waals surface area (Å²) in [6, 6.07) is 5.10. The molecule has 0 unspecified atom stereocenters. The second-order valence-corrected chi connectivity index (χ2v) is 6.46. The van der Waals surface area contributed by atoms with Crippen molar-refractivity contribution >= 4 is 35.4 Å². The Labute approximate surface area is 137 Å². The van der Waals surface area contributed by atoms with E-state index in [2.05, 4.69) is 25.7 Å². The van der Waals surface area contributed by atoms with Gasteiger partial charge in [0.05, 0.1) is 16.3 Å². The van der Waals surface area contributed by atoms with E-state index in [1.165, 1.54) is 6.21 Å². The van der Waals surface area contributed by atoms with Crippen molar-refractivity contribution in [2.45, 2.75) is 26.2 Å². The van der Waals surface area contributed by atoms with Crippen LogP contribution in [0.15, 0.2) is 28.1 Å². The molecule has 0 saturated heterocycles. The van der Waals surface area contributed by atoms with Crippen molar-refractivity contribution in [3.63, 3.8) is 0 Å². The molecule has 0 aliphatic heterocycles. The maximum atomic E-state index is 11.9. The van der Waals surface area contributed by atoms with Crippen LogP contribution in [0.1, 0.15) is 32.0 Å². The first-order chi connectivity index (χ1) is 10.3. The molecule has 0 bridgehead atoms. The van der Waals surface area contributed by atoms with Crippen molar-refractivity contribution in [3.8, 4) is 0 Å². The fourth-order valence-electron chi connectivity index (χ4n) is 1.64. The Balaban J connectivity index is 2.11. The minimum Gasteiger partial charge on any atom is -0.288 e. The zero-order valence-electron chi connectivity index (χ0n) is 12.3. The fraction of sp³-hybridized carbons (Fsp3) is 0.286. The molecule has 0 fully saturated rings. The maximum Gasteiger partial charge on any atom is 0.274 e. The number of hydrazone groups is 1. The van der Waals surface area contributed by atoms with Gasteiger partial charge in [-0.3, -0.25) is 9.78 Å². The number of benzene rings is 1. The van der Waals surface area contributed by atoms with E-state index in [0.717, 1.165) is 5.56 Å². The van der Waals surface area contributed by atoms with Gasteiger partial charge >= 0.3 is 0 Å². The number of halogens is 2. The molecule has 0 spiro atoms. The lowest BCUT2D eigenvalue weighted by Gasteiger charge is -2.15. The quantitative estimate of drug-likeness (QED) is 0.664. The average molecular weight is 340 g/mol. The molecule has 116 valence electrons. The number of nitrogens with one attached hydrogen (secondary N) is 2. The Kier molecular flexibility index (Phi) is 4.83. The monoisotopic (exact) mass is 339 g/mol. The van der Waals surface area contributed by atoms with Crippen LogP contribution in [0.5, 0.6) is 0 Å². The molecule has 1 heterocycles. The van der Waals surface area contributed by atoms with Crippen LogP contribution in [0.2, 0.25) is 10.0 Å². The molecule has 0 saturated carbocycles. The number of aromatic nitrogens is 3. The highest BCUT2D eigenvalue weighted by molar-refractivity contribution is 6.42. The van der Waals surface area contributed by atoms with Gasteiger partial charge in [-0.1, -0.05) is 50.0 Å². The Morgan fingerprint density at radius 2 is 1.95 bits per heavy atom. The van der Waals surface area contributed by atoms with Crippen LogP contribution in [0.25, 0.3) is 0 Å². The molecule has 2 N–H and O–H groups in total. The molecule has 0 radical (unpaired) electrons. The first kappa shape index (κ1) is 16.5. The number of hydrogen-bond donors (Lipinski definition) is 2. The topological polar surface area (TPSA) is 83.0 Å². The van der Waals surface area contributed by atoms with Crippen LogP contribution < -0.4 is 11.0 Å². The summed E-state index contributed by atoms with van der Waals surface area (Å²) in [7, 11) is 0. The predicted octanol–water partition coefficient (Wildman–Crippen LogP) is 3.22. The van der Waals surface area contributed by atoms with E-state index >= 15 is 0 Å². The molecular weight excluding hydrogens is 325 g/mol. The number of aromatic amines is 1. The molecule has 1 aromatic heterocycles. The van der Waals surface area contributed by atoms with Crippen LogP contribution in [0.3, 0.4) is 0 Å². The molecule has 0 atom stereocenters. The minimum atomic E-state index is -0.373. The normalized spacial score (nSPS) is 11.9. The highest BCUT2D eigenvalue weighted by Crippen LogP contribution is 2.21. The van der Waals surface area contributed by atoms with Gasteiger partial charge in [0.25, 0.3) is 5.56 Å². The van der Waals surface area contributed by atoms with Crippen molar-refractivity contribution in [3.05, 3.63) is 49.9 Å². The van der Waals surface area contributed by atoms with E-state index in [0.29, 0.717) is 15.7 Å². The maximum absolute atomic E-state index is 11.9. The van der Waals surface area contributed by atoms with E-state index in [4.69, 9.17) is 23.2 Å². The summed E-state index contributed by atoms with van der Waals surface area (Å²) in [5, 5.41) is 12.7. The van der Waals surface area contributed by atoms with Crippen LogP contribution in [-0.4, -0.2) is 21.4 Å². The van der Waals surface area contributed by atoms with Gasteiger partial charge in [-0.25, -0.2) is 5.43 Å². The molecular formula is C14H15Cl2N5O. The zero-order chi connectivity index (χ0) is 16.3. The van der Waals surface area contributed by atoms with Gasteiger partial charge in [0.15, 0.2) is 0 Å². The Hall–Kier alpha value is -1.92. The number of hydrogen-bond acceptors (Lipinski definition) is 5. The lowest BCUT2D eigenvalue weighted by molar-refractivity contribution is 0.547. The minimum absolute atomic E-state index is 0.161. The van der Waals surface area contributed by atoms with Gasteiger partial charge in [0.2, 0.25) is 5.95 Å². The third-order valence-corrected chi connectivity index (χ3v) is 3.47. The number of nitrogens with zero attached hydrogens (tertiary/aromatic N) is 3. The summed E-state index contributed by atoms with van der Waals surface area (Å²) in [6.45, 7) is 5.67. The van der Waals surface area contributed by atoms with Crippen LogP contribution >= 0.6 is 23.2 Å².